The summed E-state index contributed by atoms with van der Waals surface area (Å²) in [5.74, 6) is 2.73. The molecule has 0 saturated carbocycles. The molecule has 1 aliphatic heterocycles. The molecule has 0 radical (unpaired) electrons. The molecule has 1 aliphatic rings. The van der Waals surface area contributed by atoms with Crippen LogP contribution in [0.15, 0.2) is 23.3 Å². The molecule has 0 aromatic carbocycles. The third-order valence-electron chi connectivity index (χ3n) is 4.67. The maximum Gasteiger partial charge on any atom is 0.191 e. The molecule has 0 aliphatic carbocycles. The molecule has 1 aromatic heterocycles. The fourth-order valence-electron chi connectivity index (χ4n) is 3.13. The van der Waals surface area contributed by atoms with Gasteiger partial charge < -0.3 is 15.5 Å². The van der Waals surface area contributed by atoms with Crippen molar-refractivity contribution in [1.29, 1.82) is 0 Å². The van der Waals surface area contributed by atoms with Crippen molar-refractivity contribution in [2.24, 2.45) is 10.9 Å². The highest BCUT2D eigenvalue weighted by Gasteiger charge is 2.10. The summed E-state index contributed by atoms with van der Waals surface area (Å²) in [6, 6.07) is 4.33. The molecule has 6 heteroatoms. The molecule has 148 valence electrons. The Kier molecular flexibility index (Phi) is 11.6. The molecule has 1 saturated heterocycles. The first-order valence-electron chi connectivity index (χ1n) is 9.83. The van der Waals surface area contributed by atoms with Crippen LogP contribution in [0.4, 0.5) is 5.82 Å². The van der Waals surface area contributed by atoms with Crippen molar-refractivity contribution in [3.63, 3.8) is 0 Å². The molecule has 2 N–H and O–H groups in total. The van der Waals surface area contributed by atoms with Crippen molar-refractivity contribution in [3.05, 3.63) is 23.9 Å². The third kappa shape index (κ3) is 8.56. The molecular weight excluding hydrogens is 437 g/mol. The third-order valence-corrected chi connectivity index (χ3v) is 4.67. The zero-order valence-corrected chi connectivity index (χ0v) is 19.0. The van der Waals surface area contributed by atoms with E-state index in [4.69, 9.17) is 0 Å². The number of rotatable bonds is 7. The van der Waals surface area contributed by atoms with Crippen molar-refractivity contribution in [2.75, 3.05) is 31.6 Å². The first kappa shape index (κ1) is 23.0. The van der Waals surface area contributed by atoms with Crippen molar-refractivity contribution in [1.82, 2.24) is 15.6 Å². The molecule has 0 amide bonds. The van der Waals surface area contributed by atoms with Gasteiger partial charge in [0, 0.05) is 39.4 Å². The number of hydrogen-bond acceptors (Lipinski definition) is 3. The Hall–Kier alpha value is -1.05. The lowest BCUT2D eigenvalue weighted by molar-refractivity contribution is 0.549. The number of pyridine rings is 1. The molecule has 0 atom stereocenters. The Balaban J connectivity index is 0.00000338. The van der Waals surface area contributed by atoms with Gasteiger partial charge in [-0.25, -0.2) is 4.98 Å². The van der Waals surface area contributed by atoms with Crippen LogP contribution in [0.25, 0.3) is 0 Å². The standard InChI is InChI=1S/C20H35N5.HI/c1-17(2)9-8-12-22-20(21-3)24-16-18-10-11-19(23-15-18)25-13-6-4-5-7-14-25;/h10-11,15,17H,4-9,12-14,16H2,1-3H3,(H2,21,22,24);1H. The molecule has 2 heterocycles. The van der Waals surface area contributed by atoms with Gasteiger partial charge in [-0.2, -0.15) is 0 Å². The lowest BCUT2D eigenvalue weighted by Crippen LogP contribution is -2.37. The van der Waals surface area contributed by atoms with Crippen molar-refractivity contribution < 1.29 is 0 Å². The largest absolute Gasteiger partial charge is 0.357 e. The van der Waals surface area contributed by atoms with Crippen LogP contribution >= 0.6 is 24.0 Å². The Morgan fingerprint density at radius 3 is 2.46 bits per heavy atom. The lowest BCUT2D eigenvalue weighted by atomic mass is 10.1. The second-order valence-electron chi connectivity index (χ2n) is 7.31. The van der Waals surface area contributed by atoms with Gasteiger partial charge in [0.2, 0.25) is 0 Å². The van der Waals surface area contributed by atoms with E-state index >= 15 is 0 Å². The van der Waals surface area contributed by atoms with E-state index < -0.39 is 0 Å². The summed E-state index contributed by atoms with van der Waals surface area (Å²) in [6.45, 7) is 8.50. The maximum absolute atomic E-state index is 4.67. The summed E-state index contributed by atoms with van der Waals surface area (Å²) in [6.07, 6.45) is 9.66. The minimum Gasteiger partial charge on any atom is -0.357 e. The second-order valence-corrected chi connectivity index (χ2v) is 7.31. The van der Waals surface area contributed by atoms with Crippen LogP contribution in [0, 0.1) is 5.92 Å². The Morgan fingerprint density at radius 2 is 1.88 bits per heavy atom. The topological polar surface area (TPSA) is 52.6 Å². The minimum absolute atomic E-state index is 0. The van der Waals surface area contributed by atoms with E-state index in [9.17, 15) is 0 Å². The summed E-state index contributed by atoms with van der Waals surface area (Å²) in [5, 5.41) is 6.74. The normalized spacial score (nSPS) is 15.4. The zero-order valence-electron chi connectivity index (χ0n) is 16.6. The fraction of sp³-hybridized carbons (Fsp3) is 0.700. The van der Waals surface area contributed by atoms with Gasteiger partial charge in [-0.15, -0.1) is 24.0 Å². The average molecular weight is 473 g/mol. The first-order valence-corrected chi connectivity index (χ1v) is 9.83. The second kappa shape index (κ2) is 13.2. The fourth-order valence-corrected chi connectivity index (χ4v) is 3.13. The molecule has 5 nitrogen and oxygen atoms in total. The van der Waals surface area contributed by atoms with Crippen LogP contribution in [-0.4, -0.2) is 37.6 Å². The smallest absolute Gasteiger partial charge is 0.191 e. The van der Waals surface area contributed by atoms with Gasteiger partial charge in [0.05, 0.1) is 0 Å². The Labute approximate surface area is 176 Å². The summed E-state index contributed by atoms with van der Waals surface area (Å²) in [4.78, 5) is 11.4. The molecule has 0 unspecified atom stereocenters. The highest BCUT2D eigenvalue weighted by atomic mass is 127. The van der Waals surface area contributed by atoms with Gasteiger partial charge >= 0.3 is 0 Å². The van der Waals surface area contributed by atoms with Crippen LogP contribution in [0.5, 0.6) is 0 Å². The van der Waals surface area contributed by atoms with Gasteiger partial charge in [0.1, 0.15) is 5.82 Å². The van der Waals surface area contributed by atoms with Gasteiger partial charge in [-0.3, -0.25) is 4.99 Å². The molecule has 0 bridgehead atoms. The van der Waals surface area contributed by atoms with E-state index in [1.165, 1.54) is 44.1 Å². The van der Waals surface area contributed by atoms with Crippen LogP contribution in [0.1, 0.15) is 57.9 Å². The quantitative estimate of drug-likeness (QED) is 0.270. The Bertz CT molecular complexity index is 507. The predicted octanol–water partition coefficient (Wildman–Crippen LogP) is 4.18. The Morgan fingerprint density at radius 1 is 1.15 bits per heavy atom. The van der Waals surface area contributed by atoms with Crippen LogP contribution in [0.3, 0.4) is 0 Å². The first-order chi connectivity index (χ1) is 12.2. The van der Waals surface area contributed by atoms with E-state index in [2.05, 4.69) is 51.5 Å². The number of aliphatic imine (C=N–C) groups is 1. The molecule has 26 heavy (non-hydrogen) atoms. The van der Waals surface area contributed by atoms with Gasteiger partial charge in [-0.1, -0.05) is 32.8 Å². The average Bonchev–Trinajstić information content (AvgIpc) is 2.91. The highest BCUT2D eigenvalue weighted by molar-refractivity contribution is 14.0. The van der Waals surface area contributed by atoms with Crippen molar-refractivity contribution in [3.8, 4) is 0 Å². The summed E-state index contributed by atoms with van der Waals surface area (Å²) in [5.41, 5.74) is 1.18. The number of nitrogens with zero attached hydrogens (tertiary/aromatic N) is 3. The summed E-state index contributed by atoms with van der Waals surface area (Å²) < 4.78 is 0. The molecule has 2 rings (SSSR count). The van der Waals surface area contributed by atoms with Crippen molar-refractivity contribution in [2.45, 2.75) is 58.9 Å². The number of nitrogens with one attached hydrogen (secondary N) is 2. The van der Waals surface area contributed by atoms with Gasteiger partial charge in [0.15, 0.2) is 5.96 Å². The molecular formula is C20H36IN5. The summed E-state index contributed by atoms with van der Waals surface area (Å²) in [7, 11) is 1.82. The molecule has 1 aromatic rings. The molecule has 0 spiro atoms. The van der Waals surface area contributed by atoms with E-state index in [0.29, 0.717) is 0 Å². The number of anilines is 1. The minimum atomic E-state index is 0. The van der Waals surface area contributed by atoms with E-state index in [0.717, 1.165) is 43.9 Å². The lowest BCUT2D eigenvalue weighted by Gasteiger charge is -2.21. The number of hydrogen-bond donors (Lipinski definition) is 2. The highest BCUT2D eigenvalue weighted by Crippen LogP contribution is 2.17. The van der Waals surface area contributed by atoms with E-state index in [1.807, 2.05) is 13.2 Å². The van der Waals surface area contributed by atoms with Crippen molar-refractivity contribution >= 4 is 35.8 Å². The van der Waals surface area contributed by atoms with Crippen LogP contribution in [0.2, 0.25) is 0 Å². The van der Waals surface area contributed by atoms with Crippen LogP contribution in [-0.2, 0) is 6.54 Å². The number of guanidine groups is 1. The predicted molar refractivity (Wildman–Crippen MR) is 123 cm³/mol. The zero-order chi connectivity index (χ0) is 17.9. The number of halogens is 1. The van der Waals surface area contributed by atoms with Gasteiger partial charge in [0.25, 0.3) is 0 Å². The summed E-state index contributed by atoms with van der Waals surface area (Å²) >= 11 is 0. The monoisotopic (exact) mass is 473 g/mol. The maximum atomic E-state index is 4.67. The SMILES string of the molecule is CN=C(NCCCC(C)C)NCc1ccc(N2CCCCCC2)nc1.I. The van der Waals surface area contributed by atoms with E-state index in [1.54, 1.807) is 0 Å². The molecule has 1 fully saturated rings. The number of aromatic nitrogens is 1. The van der Waals surface area contributed by atoms with E-state index in [-0.39, 0.29) is 24.0 Å². The van der Waals surface area contributed by atoms with Gasteiger partial charge in [-0.05, 0) is 43.2 Å². The van der Waals surface area contributed by atoms with Crippen LogP contribution < -0.4 is 15.5 Å².